The first-order valence-electron chi connectivity index (χ1n) is 7.63. The molecule has 1 heterocycles. The van der Waals surface area contributed by atoms with Crippen LogP contribution in [0.1, 0.15) is 27.0 Å². The lowest BCUT2D eigenvalue weighted by Crippen LogP contribution is -2.12. The zero-order valence-corrected chi connectivity index (χ0v) is 14.3. The van der Waals surface area contributed by atoms with Gasteiger partial charge in [-0.3, -0.25) is 4.79 Å². The highest BCUT2D eigenvalue weighted by molar-refractivity contribution is 7.20. The molecule has 0 atom stereocenters. The van der Waals surface area contributed by atoms with Crippen LogP contribution in [0.15, 0.2) is 48.5 Å². The van der Waals surface area contributed by atoms with Gasteiger partial charge in [0.1, 0.15) is 29.7 Å². The predicted molar refractivity (Wildman–Crippen MR) is 94.0 cm³/mol. The van der Waals surface area contributed by atoms with E-state index in [1.165, 1.54) is 30.4 Å². The van der Waals surface area contributed by atoms with E-state index in [1.807, 2.05) is 0 Å². The molecule has 6 heteroatoms. The number of benzene rings is 2. The Balaban J connectivity index is 1.56. The molecule has 0 spiro atoms. The lowest BCUT2D eigenvalue weighted by molar-refractivity contribution is 0.0455. The normalized spacial score (nSPS) is 10.6. The first-order valence-corrected chi connectivity index (χ1v) is 8.45. The molecule has 0 aliphatic carbocycles. The van der Waals surface area contributed by atoms with Crippen molar-refractivity contribution >= 4 is 33.2 Å². The zero-order chi connectivity index (χ0) is 17.8. The fraction of sp³-hybridized carbons (Fsp3) is 0.158. The minimum Gasteiger partial charge on any atom is -0.489 e. The molecule has 0 saturated carbocycles. The molecule has 0 saturated heterocycles. The number of carbonyl (C=O) groups is 2. The monoisotopic (exact) mass is 358 g/mol. The van der Waals surface area contributed by atoms with Gasteiger partial charge in [-0.25, -0.2) is 9.18 Å². The van der Waals surface area contributed by atoms with Gasteiger partial charge in [-0.05, 0) is 42.6 Å². The van der Waals surface area contributed by atoms with Crippen molar-refractivity contribution < 1.29 is 23.5 Å². The van der Waals surface area contributed by atoms with Crippen LogP contribution < -0.4 is 4.74 Å². The number of halogens is 1. The summed E-state index contributed by atoms with van der Waals surface area (Å²) in [4.78, 5) is 24.0. The Morgan fingerprint density at radius 1 is 1.08 bits per heavy atom. The number of hydrogen-bond donors (Lipinski definition) is 0. The topological polar surface area (TPSA) is 52.6 Å². The van der Waals surface area contributed by atoms with E-state index in [0.29, 0.717) is 20.9 Å². The van der Waals surface area contributed by atoms with E-state index in [2.05, 4.69) is 0 Å². The van der Waals surface area contributed by atoms with Crippen LogP contribution in [0.3, 0.4) is 0 Å². The van der Waals surface area contributed by atoms with Gasteiger partial charge in [0.25, 0.3) is 0 Å². The van der Waals surface area contributed by atoms with E-state index < -0.39 is 5.97 Å². The summed E-state index contributed by atoms with van der Waals surface area (Å²) in [7, 11) is 0. The SMILES string of the molecule is CC(=O)c1ccccc1OCCOC(=O)c1cc2ccc(F)cc2s1. The lowest BCUT2D eigenvalue weighted by atomic mass is 10.1. The molecule has 0 N–H and O–H groups in total. The summed E-state index contributed by atoms with van der Waals surface area (Å²) >= 11 is 1.18. The summed E-state index contributed by atoms with van der Waals surface area (Å²) in [5.74, 6) is -0.453. The average Bonchev–Trinajstić information content (AvgIpc) is 3.02. The van der Waals surface area contributed by atoms with Crippen LogP contribution in [-0.2, 0) is 4.74 Å². The minimum atomic E-state index is -0.481. The Bertz CT molecular complexity index is 932. The molecule has 3 aromatic rings. The van der Waals surface area contributed by atoms with Crippen LogP contribution in [0.5, 0.6) is 5.75 Å². The quantitative estimate of drug-likeness (QED) is 0.370. The van der Waals surface area contributed by atoms with Crippen LogP contribution >= 0.6 is 11.3 Å². The third kappa shape index (κ3) is 4.03. The van der Waals surface area contributed by atoms with Crippen molar-refractivity contribution in [2.45, 2.75) is 6.92 Å². The van der Waals surface area contributed by atoms with Crippen molar-refractivity contribution in [2.75, 3.05) is 13.2 Å². The fourth-order valence-corrected chi connectivity index (χ4v) is 3.33. The first kappa shape index (κ1) is 17.1. The van der Waals surface area contributed by atoms with Gasteiger partial charge >= 0.3 is 5.97 Å². The second-order valence-electron chi connectivity index (χ2n) is 5.33. The number of hydrogen-bond acceptors (Lipinski definition) is 5. The predicted octanol–water partition coefficient (Wildman–Crippen LogP) is 4.48. The van der Waals surface area contributed by atoms with E-state index in [-0.39, 0.29) is 24.8 Å². The number of esters is 1. The maximum atomic E-state index is 13.2. The highest BCUT2D eigenvalue weighted by Gasteiger charge is 2.13. The van der Waals surface area contributed by atoms with Gasteiger partial charge in [0.05, 0.1) is 5.56 Å². The summed E-state index contributed by atoms with van der Waals surface area (Å²) in [5, 5.41) is 0.796. The molecular weight excluding hydrogens is 343 g/mol. The maximum absolute atomic E-state index is 13.2. The van der Waals surface area contributed by atoms with Crippen LogP contribution in [0, 0.1) is 5.82 Å². The molecule has 0 bridgehead atoms. The smallest absolute Gasteiger partial charge is 0.348 e. The number of Topliss-reactive ketones (excluding diaryl/α,β-unsaturated/α-hetero) is 1. The Morgan fingerprint density at radius 3 is 2.68 bits per heavy atom. The molecule has 1 aromatic heterocycles. The number of rotatable bonds is 6. The zero-order valence-electron chi connectivity index (χ0n) is 13.5. The molecule has 128 valence electrons. The molecule has 0 unspecified atom stereocenters. The van der Waals surface area contributed by atoms with E-state index in [1.54, 1.807) is 36.4 Å². The number of thiophene rings is 1. The fourth-order valence-electron chi connectivity index (χ4n) is 2.35. The molecule has 2 aromatic carbocycles. The van der Waals surface area contributed by atoms with Gasteiger partial charge < -0.3 is 9.47 Å². The van der Waals surface area contributed by atoms with Crippen molar-refractivity contribution in [2.24, 2.45) is 0 Å². The molecule has 4 nitrogen and oxygen atoms in total. The Morgan fingerprint density at radius 2 is 1.88 bits per heavy atom. The number of ketones is 1. The molecule has 0 radical (unpaired) electrons. The molecule has 0 fully saturated rings. The number of carbonyl (C=O) groups excluding carboxylic acids is 2. The standard InChI is InChI=1S/C19H15FO4S/c1-12(21)15-4-2-3-5-16(15)23-8-9-24-19(22)18-10-13-6-7-14(20)11-17(13)25-18/h2-7,10-11H,8-9H2,1H3. The second kappa shape index (κ2) is 7.44. The van der Waals surface area contributed by atoms with E-state index in [4.69, 9.17) is 9.47 Å². The highest BCUT2D eigenvalue weighted by Crippen LogP contribution is 2.27. The largest absolute Gasteiger partial charge is 0.489 e. The summed E-state index contributed by atoms with van der Waals surface area (Å²) in [6.45, 7) is 1.65. The van der Waals surface area contributed by atoms with Crippen LogP contribution in [-0.4, -0.2) is 25.0 Å². The number of para-hydroxylation sites is 1. The molecule has 0 aliphatic heterocycles. The van der Waals surface area contributed by atoms with Gasteiger partial charge in [0.15, 0.2) is 5.78 Å². The molecule has 0 aliphatic rings. The number of ether oxygens (including phenoxy) is 2. The van der Waals surface area contributed by atoms with Crippen molar-refractivity contribution in [3.05, 3.63) is 64.8 Å². The van der Waals surface area contributed by atoms with Crippen LogP contribution in [0.25, 0.3) is 10.1 Å². The maximum Gasteiger partial charge on any atom is 0.348 e. The van der Waals surface area contributed by atoms with Crippen molar-refractivity contribution in [3.8, 4) is 5.75 Å². The average molecular weight is 358 g/mol. The van der Waals surface area contributed by atoms with Crippen molar-refractivity contribution in [1.82, 2.24) is 0 Å². The third-order valence-electron chi connectivity index (χ3n) is 3.52. The highest BCUT2D eigenvalue weighted by atomic mass is 32.1. The summed E-state index contributed by atoms with van der Waals surface area (Å²) in [6, 6.07) is 12.9. The summed E-state index contributed by atoms with van der Waals surface area (Å²) < 4.78 is 24.6. The first-order chi connectivity index (χ1) is 12.0. The molecule has 0 amide bonds. The van der Waals surface area contributed by atoms with Crippen molar-refractivity contribution in [1.29, 1.82) is 0 Å². The lowest BCUT2D eigenvalue weighted by Gasteiger charge is -2.09. The van der Waals surface area contributed by atoms with Gasteiger partial charge in [0.2, 0.25) is 0 Å². The minimum absolute atomic E-state index is 0.0493. The van der Waals surface area contributed by atoms with E-state index in [0.717, 1.165) is 5.39 Å². The van der Waals surface area contributed by atoms with E-state index in [9.17, 15) is 14.0 Å². The van der Waals surface area contributed by atoms with E-state index >= 15 is 0 Å². The second-order valence-corrected chi connectivity index (χ2v) is 6.41. The van der Waals surface area contributed by atoms with Gasteiger partial charge in [-0.15, -0.1) is 11.3 Å². The van der Waals surface area contributed by atoms with Gasteiger partial charge in [-0.2, -0.15) is 0 Å². The van der Waals surface area contributed by atoms with Crippen LogP contribution in [0.2, 0.25) is 0 Å². The third-order valence-corrected chi connectivity index (χ3v) is 4.60. The van der Waals surface area contributed by atoms with Crippen LogP contribution in [0.4, 0.5) is 4.39 Å². The molecule has 3 rings (SSSR count). The molecular formula is C19H15FO4S. The van der Waals surface area contributed by atoms with Gasteiger partial charge in [0, 0.05) is 4.70 Å². The van der Waals surface area contributed by atoms with Crippen molar-refractivity contribution in [3.63, 3.8) is 0 Å². The summed E-state index contributed by atoms with van der Waals surface area (Å²) in [6.07, 6.45) is 0. The Hall–Kier alpha value is -2.73. The Labute approximate surface area is 147 Å². The Kier molecular flexibility index (Phi) is 5.09. The summed E-state index contributed by atoms with van der Waals surface area (Å²) in [5.41, 5.74) is 0.486. The molecule has 25 heavy (non-hydrogen) atoms. The number of fused-ring (bicyclic) bond motifs is 1. The van der Waals surface area contributed by atoms with Gasteiger partial charge in [-0.1, -0.05) is 18.2 Å².